The highest BCUT2D eigenvalue weighted by molar-refractivity contribution is 5.72. The third-order valence-corrected chi connectivity index (χ3v) is 0.478. The Balaban J connectivity index is 0.000000180. The molecule has 1 heterocycles. The second kappa shape index (κ2) is 5.88. The fourth-order valence-corrected chi connectivity index (χ4v) is 0.253. The summed E-state index contributed by atoms with van der Waals surface area (Å²) in [4.78, 5) is 16.9. The van der Waals surface area contributed by atoms with Gasteiger partial charge in [-0.2, -0.15) is 0 Å². The van der Waals surface area contributed by atoms with Crippen molar-refractivity contribution < 1.29 is 4.79 Å². The van der Waals surface area contributed by atoms with Gasteiger partial charge in [0.05, 0.1) is 0 Å². The van der Waals surface area contributed by atoms with E-state index < -0.39 is 0 Å². The van der Waals surface area contributed by atoms with Crippen LogP contribution >= 0.6 is 0 Å². The Labute approximate surface area is 60.1 Å². The predicted octanol–water partition coefficient (Wildman–Crippen LogP) is 1.07. The van der Waals surface area contributed by atoms with Crippen LogP contribution in [0.4, 0.5) is 0 Å². The number of hydrogen-bond acceptors (Lipinski definition) is 3. The van der Waals surface area contributed by atoms with E-state index in [0.717, 1.165) is 0 Å². The number of hydrogen-bond donors (Lipinski definition) is 0. The average Bonchev–Trinajstić information content (AvgIpc) is 1.90. The van der Waals surface area contributed by atoms with E-state index >= 15 is 0 Å². The molecule has 0 aromatic carbocycles. The van der Waals surface area contributed by atoms with Gasteiger partial charge in [0.1, 0.15) is 5.78 Å². The highest BCUT2D eigenvalue weighted by Crippen LogP contribution is 1.65. The minimum absolute atomic E-state index is 0.167. The van der Waals surface area contributed by atoms with Crippen molar-refractivity contribution in [2.45, 2.75) is 13.8 Å². The fourth-order valence-electron chi connectivity index (χ4n) is 0.253. The molecule has 0 aliphatic rings. The van der Waals surface area contributed by atoms with Crippen molar-refractivity contribution in [3.8, 4) is 0 Å². The molecule has 0 radical (unpaired) electrons. The predicted molar refractivity (Wildman–Crippen MR) is 38.4 cm³/mol. The molecule has 1 aromatic rings. The third-order valence-electron chi connectivity index (χ3n) is 0.478. The van der Waals surface area contributed by atoms with Gasteiger partial charge >= 0.3 is 0 Å². The molecule has 3 heteroatoms. The lowest BCUT2D eigenvalue weighted by molar-refractivity contribution is -0.114. The molecule has 1 aromatic heterocycles. The number of carbonyl (C=O) groups excluding carboxylic acids is 1. The van der Waals surface area contributed by atoms with Crippen molar-refractivity contribution in [3.05, 3.63) is 24.8 Å². The SMILES string of the molecule is CC(C)=O.c1cnccn1. The monoisotopic (exact) mass is 138 g/mol. The van der Waals surface area contributed by atoms with Crippen LogP contribution in [0.2, 0.25) is 0 Å². The van der Waals surface area contributed by atoms with E-state index in [-0.39, 0.29) is 5.78 Å². The van der Waals surface area contributed by atoms with Gasteiger partial charge in [0.15, 0.2) is 0 Å². The number of rotatable bonds is 0. The minimum Gasteiger partial charge on any atom is -0.300 e. The minimum atomic E-state index is 0.167. The molecule has 3 nitrogen and oxygen atoms in total. The van der Waals surface area contributed by atoms with Gasteiger partial charge in [-0.25, -0.2) is 0 Å². The van der Waals surface area contributed by atoms with E-state index in [4.69, 9.17) is 0 Å². The Bertz CT molecular complexity index is 144. The van der Waals surface area contributed by atoms with Gasteiger partial charge in [0, 0.05) is 24.8 Å². The van der Waals surface area contributed by atoms with Crippen molar-refractivity contribution in [1.29, 1.82) is 0 Å². The molecular formula is C7H10N2O. The molecule has 0 aliphatic carbocycles. The molecule has 0 spiro atoms. The Kier molecular flexibility index (Phi) is 5.14. The summed E-state index contributed by atoms with van der Waals surface area (Å²) in [5, 5.41) is 0. The molecule has 0 amide bonds. The molecule has 54 valence electrons. The van der Waals surface area contributed by atoms with E-state index in [2.05, 4.69) is 9.97 Å². The zero-order chi connectivity index (χ0) is 7.82. The fraction of sp³-hybridized carbons (Fsp3) is 0.286. The second-order valence-electron chi connectivity index (χ2n) is 1.80. The van der Waals surface area contributed by atoms with Crippen LogP contribution in [-0.4, -0.2) is 15.8 Å². The number of aromatic nitrogens is 2. The van der Waals surface area contributed by atoms with Crippen molar-refractivity contribution in [1.82, 2.24) is 9.97 Å². The topological polar surface area (TPSA) is 42.9 Å². The van der Waals surface area contributed by atoms with Crippen LogP contribution in [0, 0.1) is 0 Å². The molecule has 0 fully saturated rings. The zero-order valence-electron chi connectivity index (χ0n) is 6.11. The first-order valence-corrected chi connectivity index (χ1v) is 2.90. The first-order chi connectivity index (χ1) is 4.73. The van der Waals surface area contributed by atoms with Gasteiger partial charge < -0.3 is 4.79 Å². The maximum absolute atomic E-state index is 9.44. The molecule has 0 saturated heterocycles. The van der Waals surface area contributed by atoms with Crippen molar-refractivity contribution in [2.75, 3.05) is 0 Å². The van der Waals surface area contributed by atoms with Gasteiger partial charge in [0.2, 0.25) is 0 Å². The van der Waals surface area contributed by atoms with E-state index in [1.165, 1.54) is 13.8 Å². The first-order valence-electron chi connectivity index (χ1n) is 2.90. The number of Topliss-reactive ketones (excluding diaryl/α,β-unsaturated/α-hetero) is 1. The van der Waals surface area contributed by atoms with Gasteiger partial charge in [-0.05, 0) is 13.8 Å². The molecule has 0 saturated carbocycles. The van der Waals surface area contributed by atoms with Crippen LogP contribution in [0.3, 0.4) is 0 Å². The first kappa shape index (κ1) is 8.75. The maximum Gasteiger partial charge on any atom is 0.126 e. The van der Waals surface area contributed by atoms with E-state index in [1.54, 1.807) is 24.8 Å². The smallest absolute Gasteiger partial charge is 0.126 e. The van der Waals surface area contributed by atoms with Crippen LogP contribution in [0.25, 0.3) is 0 Å². The van der Waals surface area contributed by atoms with Gasteiger partial charge in [-0.1, -0.05) is 0 Å². The van der Waals surface area contributed by atoms with Crippen LogP contribution < -0.4 is 0 Å². The van der Waals surface area contributed by atoms with Gasteiger partial charge in [-0.15, -0.1) is 0 Å². The number of ketones is 1. The molecule has 0 aliphatic heterocycles. The average molecular weight is 138 g/mol. The highest BCUT2D eigenvalue weighted by Gasteiger charge is 1.62. The molecule has 0 atom stereocenters. The van der Waals surface area contributed by atoms with Crippen LogP contribution in [-0.2, 0) is 4.79 Å². The Hall–Kier alpha value is -1.25. The molecule has 0 bridgehead atoms. The molecule has 1 rings (SSSR count). The summed E-state index contributed by atoms with van der Waals surface area (Å²) in [6.45, 7) is 3.06. The normalized spacial score (nSPS) is 7.40. The summed E-state index contributed by atoms with van der Waals surface area (Å²) >= 11 is 0. The lowest BCUT2D eigenvalue weighted by atomic mass is 10.6. The largest absolute Gasteiger partial charge is 0.300 e. The molecule has 0 N–H and O–H groups in total. The van der Waals surface area contributed by atoms with Crippen molar-refractivity contribution >= 4 is 5.78 Å². The quantitative estimate of drug-likeness (QED) is 0.538. The standard InChI is InChI=1S/C4H4N2.C3H6O/c1-2-6-4-3-5-1;1-3(2)4/h1-4H;1-2H3. The summed E-state index contributed by atoms with van der Waals surface area (Å²) in [5.74, 6) is 0.167. The van der Waals surface area contributed by atoms with Gasteiger partial charge in [0.25, 0.3) is 0 Å². The van der Waals surface area contributed by atoms with E-state index in [0.29, 0.717) is 0 Å². The van der Waals surface area contributed by atoms with Gasteiger partial charge in [-0.3, -0.25) is 9.97 Å². The lowest BCUT2D eigenvalue weighted by Crippen LogP contribution is -1.69. The summed E-state index contributed by atoms with van der Waals surface area (Å²) < 4.78 is 0. The maximum atomic E-state index is 9.44. The Morgan fingerprint density at radius 2 is 1.20 bits per heavy atom. The lowest BCUT2D eigenvalue weighted by Gasteiger charge is -1.70. The van der Waals surface area contributed by atoms with Crippen molar-refractivity contribution in [3.63, 3.8) is 0 Å². The molecule has 10 heavy (non-hydrogen) atoms. The van der Waals surface area contributed by atoms with E-state index in [1.807, 2.05) is 0 Å². The highest BCUT2D eigenvalue weighted by atomic mass is 16.1. The Morgan fingerprint density at radius 3 is 1.30 bits per heavy atom. The Morgan fingerprint density at radius 1 is 1.00 bits per heavy atom. The summed E-state index contributed by atoms with van der Waals surface area (Å²) in [7, 11) is 0. The van der Waals surface area contributed by atoms with E-state index in [9.17, 15) is 4.79 Å². The summed E-state index contributed by atoms with van der Waals surface area (Å²) in [6, 6.07) is 0. The zero-order valence-corrected chi connectivity index (χ0v) is 6.11. The molecule has 0 unspecified atom stereocenters. The van der Waals surface area contributed by atoms with Crippen molar-refractivity contribution in [2.24, 2.45) is 0 Å². The summed E-state index contributed by atoms with van der Waals surface area (Å²) in [5.41, 5.74) is 0. The van der Waals surface area contributed by atoms with Crippen LogP contribution in [0.15, 0.2) is 24.8 Å². The number of nitrogens with zero attached hydrogens (tertiary/aromatic N) is 2. The van der Waals surface area contributed by atoms with Crippen LogP contribution in [0.5, 0.6) is 0 Å². The number of carbonyl (C=O) groups is 1. The second-order valence-corrected chi connectivity index (χ2v) is 1.80. The third kappa shape index (κ3) is 9.89. The molecular weight excluding hydrogens is 128 g/mol. The summed E-state index contributed by atoms with van der Waals surface area (Å²) in [6.07, 6.45) is 6.56. The van der Waals surface area contributed by atoms with Crippen LogP contribution in [0.1, 0.15) is 13.8 Å².